The number of carbonyl (C=O) groups is 1. The predicted molar refractivity (Wildman–Crippen MR) is 106 cm³/mol. The summed E-state index contributed by atoms with van der Waals surface area (Å²) in [6.07, 6.45) is 0. The van der Waals surface area contributed by atoms with Gasteiger partial charge in [0.15, 0.2) is 0 Å². The van der Waals surface area contributed by atoms with Gasteiger partial charge >= 0.3 is 0 Å². The maximum Gasteiger partial charge on any atom is 0.258 e. The molecule has 1 N–H and O–H groups in total. The van der Waals surface area contributed by atoms with Crippen molar-refractivity contribution in [2.75, 3.05) is 12.4 Å². The van der Waals surface area contributed by atoms with Gasteiger partial charge in [-0.1, -0.05) is 35.5 Å². The van der Waals surface area contributed by atoms with Crippen molar-refractivity contribution in [2.45, 2.75) is 0 Å². The second-order valence-electron chi connectivity index (χ2n) is 6.05. The lowest BCUT2D eigenvalue weighted by Crippen LogP contribution is -2.11. The Balaban J connectivity index is 1.47. The molecule has 0 atom stereocenters. The molecule has 0 fully saturated rings. The van der Waals surface area contributed by atoms with Crippen molar-refractivity contribution in [1.82, 2.24) is 10.1 Å². The standard InChI is InChI=1S/C22H17N3O3/c1-27-19-13-11-18(12-14-19)23-21(26)16-7-9-17(10-8-16)22-24-20(25-28-22)15-5-3-2-4-6-15/h2-14H,1H3,(H,23,26). The highest BCUT2D eigenvalue weighted by atomic mass is 16.5. The van der Waals surface area contributed by atoms with E-state index in [1.165, 1.54) is 0 Å². The molecule has 1 aromatic heterocycles. The molecule has 4 rings (SSSR count). The number of nitrogens with zero attached hydrogens (tertiary/aromatic N) is 2. The minimum absolute atomic E-state index is 0.202. The zero-order chi connectivity index (χ0) is 19.3. The molecule has 0 saturated carbocycles. The topological polar surface area (TPSA) is 77.2 Å². The van der Waals surface area contributed by atoms with E-state index in [4.69, 9.17) is 9.26 Å². The molecule has 0 bridgehead atoms. The Labute approximate surface area is 161 Å². The number of aromatic nitrogens is 2. The smallest absolute Gasteiger partial charge is 0.258 e. The van der Waals surface area contributed by atoms with E-state index in [0.717, 1.165) is 16.9 Å². The van der Waals surface area contributed by atoms with E-state index in [2.05, 4.69) is 15.5 Å². The monoisotopic (exact) mass is 371 g/mol. The summed E-state index contributed by atoms with van der Waals surface area (Å²) in [5.74, 6) is 1.46. The fourth-order valence-corrected chi connectivity index (χ4v) is 2.69. The number of benzene rings is 3. The lowest BCUT2D eigenvalue weighted by atomic mass is 10.1. The predicted octanol–water partition coefficient (Wildman–Crippen LogP) is 4.66. The Morgan fingerprint density at radius 2 is 1.61 bits per heavy atom. The summed E-state index contributed by atoms with van der Waals surface area (Å²) >= 11 is 0. The number of carbonyl (C=O) groups excluding carboxylic acids is 1. The molecular formula is C22H17N3O3. The van der Waals surface area contributed by atoms with Gasteiger partial charge in [0.1, 0.15) is 5.75 Å². The fraction of sp³-hybridized carbons (Fsp3) is 0.0455. The van der Waals surface area contributed by atoms with Crippen LogP contribution in [0.4, 0.5) is 5.69 Å². The summed E-state index contributed by atoms with van der Waals surface area (Å²) in [7, 11) is 1.60. The summed E-state index contributed by atoms with van der Waals surface area (Å²) in [5.41, 5.74) is 2.85. The molecule has 0 aliphatic heterocycles. The first-order chi connectivity index (χ1) is 13.7. The van der Waals surface area contributed by atoms with E-state index in [1.807, 2.05) is 30.3 Å². The summed E-state index contributed by atoms with van der Waals surface area (Å²) in [4.78, 5) is 16.8. The number of anilines is 1. The first-order valence-electron chi connectivity index (χ1n) is 8.68. The van der Waals surface area contributed by atoms with Crippen molar-refractivity contribution < 1.29 is 14.1 Å². The molecule has 1 amide bonds. The Morgan fingerprint density at radius 1 is 0.893 bits per heavy atom. The summed E-state index contributed by atoms with van der Waals surface area (Å²) < 4.78 is 10.5. The van der Waals surface area contributed by atoms with E-state index < -0.39 is 0 Å². The number of nitrogens with one attached hydrogen (secondary N) is 1. The Bertz CT molecular complexity index is 1070. The molecule has 3 aromatic carbocycles. The third-order valence-electron chi connectivity index (χ3n) is 4.20. The van der Waals surface area contributed by atoms with Gasteiger partial charge in [0, 0.05) is 22.4 Å². The minimum Gasteiger partial charge on any atom is -0.497 e. The molecule has 28 heavy (non-hydrogen) atoms. The highest BCUT2D eigenvalue weighted by Gasteiger charge is 2.12. The van der Waals surface area contributed by atoms with Gasteiger partial charge in [-0.25, -0.2) is 0 Å². The first kappa shape index (κ1) is 17.5. The van der Waals surface area contributed by atoms with Crippen molar-refractivity contribution in [3.05, 3.63) is 84.4 Å². The van der Waals surface area contributed by atoms with E-state index in [9.17, 15) is 4.79 Å². The molecule has 6 heteroatoms. The molecule has 0 spiro atoms. The molecule has 138 valence electrons. The molecule has 1 heterocycles. The van der Waals surface area contributed by atoms with Crippen LogP contribution in [0.15, 0.2) is 83.4 Å². The third-order valence-corrected chi connectivity index (χ3v) is 4.20. The SMILES string of the molecule is COc1ccc(NC(=O)c2ccc(-c3nc(-c4ccccc4)no3)cc2)cc1. The largest absolute Gasteiger partial charge is 0.497 e. The molecule has 0 aliphatic carbocycles. The fourth-order valence-electron chi connectivity index (χ4n) is 2.69. The van der Waals surface area contributed by atoms with Crippen LogP contribution in [0.2, 0.25) is 0 Å². The van der Waals surface area contributed by atoms with Crippen molar-refractivity contribution >= 4 is 11.6 Å². The van der Waals surface area contributed by atoms with E-state index in [1.54, 1.807) is 55.6 Å². The average molecular weight is 371 g/mol. The normalized spacial score (nSPS) is 10.5. The lowest BCUT2D eigenvalue weighted by Gasteiger charge is -2.06. The number of ether oxygens (including phenoxy) is 1. The van der Waals surface area contributed by atoms with Gasteiger partial charge in [-0.15, -0.1) is 0 Å². The van der Waals surface area contributed by atoms with Crippen LogP contribution in [-0.2, 0) is 0 Å². The first-order valence-corrected chi connectivity index (χ1v) is 8.68. The van der Waals surface area contributed by atoms with Crippen LogP contribution >= 0.6 is 0 Å². The van der Waals surface area contributed by atoms with Gasteiger partial charge in [0.2, 0.25) is 5.82 Å². The van der Waals surface area contributed by atoms with E-state index in [0.29, 0.717) is 23.0 Å². The lowest BCUT2D eigenvalue weighted by molar-refractivity contribution is 0.102. The van der Waals surface area contributed by atoms with Crippen LogP contribution in [0.3, 0.4) is 0 Å². The molecule has 0 saturated heterocycles. The number of hydrogen-bond donors (Lipinski definition) is 1. The van der Waals surface area contributed by atoms with Crippen molar-refractivity contribution in [2.24, 2.45) is 0 Å². The third kappa shape index (κ3) is 3.76. The van der Waals surface area contributed by atoms with Crippen molar-refractivity contribution in [3.8, 4) is 28.6 Å². The highest BCUT2D eigenvalue weighted by molar-refractivity contribution is 6.04. The highest BCUT2D eigenvalue weighted by Crippen LogP contribution is 2.23. The maximum atomic E-state index is 12.4. The molecule has 6 nitrogen and oxygen atoms in total. The quantitative estimate of drug-likeness (QED) is 0.552. The van der Waals surface area contributed by atoms with Crippen molar-refractivity contribution in [1.29, 1.82) is 0 Å². The second-order valence-corrected chi connectivity index (χ2v) is 6.05. The molecule has 4 aromatic rings. The molecule has 0 aliphatic rings. The molecule has 0 radical (unpaired) electrons. The Kier molecular flexibility index (Phi) is 4.84. The van der Waals surface area contributed by atoms with Crippen LogP contribution in [0.25, 0.3) is 22.8 Å². The number of amides is 1. The van der Waals surface area contributed by atoms with Gasteiger partial charge in [-0.2, -0.15) is 4.98 Å². The Hall–Kier alpha value is -3.93. The van der Waals surface area contributed by atoms with Gasteiger partial charge in [-0.05, 0) is 48.5 Å². The number of hydrogen-bond acceptors (Lipinski definition) is 5. The van der Waals surface area contributed by atoms with Crippen molar-refractivity contribution in [3.63, 3.8) is 0 Å². The zero-order valence-electron chi connectivity index (χ0n) is 15.1. The van der Waals surface area contributed by atoms with Gasteiger partial charge in [0.25, 0.3) is 11.8 Å². The summed E-state index contributed by atoms with van der Waals surface area (Å²) in [6, 6.07) is 23.8. The zero-order valence-corrected chi connectivity index (χ0v) is 15.1. The minimum atomic E-state index is -0.202. The summed E-state index contributed by atoms with van der Waals surface area (Å²) in [6.45, 7) is 0. The van der Waals surface area contributed by atoms with E-state index >= 15 is 0 Å². The van der Waals surface area contributed by atoms with Crippen LogP contribution < -0.4 is 10.1 Å². The molecule has 0 unspecified atom stereocenters. The average Bonchev–Trinajstić information content (AvgIpc) is 3.25. The van der Waals surface area contributed by atoms with Gasteiger partial charge < -0.3 is 14.6 Å². The summed E-state index contributed by atoms with van der Waals surface area (Å²) in [5, 5.41) is 6.86. The van der Waals surface area contributed by atoms with Gasteiger partial charge in [0.05, 0.1) is 7.11 Å². The van der Waals surface area contributed by atoms with Crippen LogP contribution in [0, 0.1) is 0 Å². The van der Waals surface area contributed by atoms with Crippen LogP contribution in [0.5, 0.6) is 5.75 Å². The number of methoxy groups -OCH3 is 1. The maximum absolute atomic E-state index is 12.4. The van der Waals surface area contributed by atoms with Crippen LogP contribution in [0.1, 0.15) is 10.4 Å². The van der Waals surface area contributed by atoms with Crippen LogP contribution in [-0.4, -0.2) is 23.2 Å². The molecular weight excluding hydrogens is 354 g/mol. The second kappa shape index (κ2) is 7.75. The Morgan fingerprint density at radius 3 is 2.29 bits per heavy atom. The number of rotatable bonds is 5. The van der Waals surface area contributed by atoms with E-state index in [-0.39, 0.29) is 5.91 Å². The van der Waals surface area contributed by atoms with Gasteiger partial charge in [-0.3, -0.25) is 4.79 Å².